The van der Waals surface area contributed by atoms with E-state index in [1.165, 1.54) is 10.7 Å². The van der Waals surface area contributed by atoms with Crippen LogP contribution in [0, 0.1) is 0 Å². The fraction of sp³-hybridized carbons (Fsp3) is 0.217. The van der Waals surface area contributed by atoms with Crippen molar-refractivity contribution >= 4 is 16.8 Å². The quantitative estimate of drug-likeness (QED) is 0.572. The molecule has 1 saturated heterocycles. The molecule has 150 valence electrons. The van der Waals surface area contributed by atoms with E-state index in [2.05, 4.69) is 15.1 Å². The topological polar surface area (TPSA) is 83.9 Å². The first-order valence-corrected chi connectivity index (χ1v) is 10.1. The number of hydrogen-bond donors (Lipinski definition) is 1. The number of fused-ring (bicyclic) bond motifs is 1. The summed E-state index contributed by atoms with van der Waals surface area (Å²) in [5.74, 6) is -0.0369. The molecule has 0 bridgehead atoms. The number of carbonyl (C=O) groups excluding carboxylic acids is 1. The average molecular weight is 399 g/mol. The number of benzene rings is 1. The Bertz CT molecular complexity index is 1230. The standard InChI is InChI=1S/C23H21N5O2/c29-22-10-9-20(17-6-3-11-24-14-17)26-28(22)15-18-7-4-12-27(18)23(30)21-13-16-5-1-2-8-19(16)25-21/h1-3,5-6,8-11,13-14,18,25H,4,7,12,15H2. The number of likely N-dealkylation sites (tertiary alicyclic amines) is 1. The van der Waals surface area contributed by atoms with Crippen LogP contribution in [0.3, 0.4) is 0 Å². The summed E-state index contributed by atoms with van der Waals surface area (Å²) in [6.45, 7) is 1.05. The van der Waals surface area contributed by atoms with Crippen molar-refractivity contribution in [3.05, 3.63) is 83.0 Å². The zero-order valence-corrected chi connectivity index (χ0v) is 16.4. The summed E-state index contributed by atoms with van der Waals surface area (Å²) in [6.07, 6.45) is 5.18. The maximum absolute atomic E-state index is 13.2. The molecule has 1 amide bonds. The van der Waals surface area contributed by atoms with Gasteiger partial charge in [-0.15, -0.1) is 0 Å². The second-order valence-corrected chi connectivity index (χ2v) is 7.55. The van der Waals surface area contributed by atoms with Crippen molar-refractivity contribution < 1.29 is 4.79 Å². The van der Waals surface area contributed by atoms with E-state index in [9.17, 15) is 9.59 Å². The van der Waals surface area contributed by atoms with Crippen LogP contribution >= 0.6 is 0 Å². The van der Waals surface area contributed by atoms with Crippen LogP contribution in [-0.2, 0) is 6.54 Å². The fourth-order valence-corrected chi connectivity index (χ4v) is 4.08. The maximum atomic E-state index is 13.2. The molecule has 1 aliphatic heterocycles. The Labute approximate surface area is 173 Å². The summed E-state index contributed by atoms with van der Waals surface area (Å²) in [5.41, 5.74) is 2.89. The van der Waals surface area contributed by atoms with Crippen molar-refractivity contribution in [1.82, 2.24) is 24.6 Å². The summed E-state index contributed by atoms with van der Waals surface area (Å²) < 4.78 is 1.46. The van der Waals surface area contributed by atoms with Crippen molar-refractivity contribution in [2.75, 3.05) is 6.54 Å². The Hall–Kier alpha value is -3.74. The molecule has 1 aromatic carbocycles. The minimum absolute atomic E-state index is 0.0369. The highest BCUT2D eigenvalue weighted by molar-refractivity contribution is 5.98. The molecule has 30 heavy (non-hydrogen) atoms. The van der Waals surface area contributed by atoms with E-state index in [0.717, 1.165) is 29.3 Å². The number of amides is 1. The summed E-state index contributed by atoms with van der Waals surface area (Å²) in [6, 6.07) is 16.6. The third-order valence-corrected chi connectivity index (χ3v) is 5.61. The van der Waals surface area contributed by atoms with Crippen LogP contribution < -0.4 is 5.56 Å². The van der Waals surface area contributed by atoms with Crippen LogP contribution in [0.5, 0.6) is 0 Å². The molecule has 0 saturated carbocycles. The van der Waals surface area contributed by atoms with Crippen LogP contribution in [0.15, 0.2) is 71.8 Å². The van der Waals surface area contributed by atoms with E-state index in [-0.39, 0.29) is 17.5 Å². The number of nitrogens with zero attached hydrogens (tertiary/aromatic N) is 4. The minimum atomic E-state index is -0.174. The van der Waals surface area contributed by atoms with E-state index in [4.69, 9.17) is 0 Å². The number of rotatable bonds is 4. The molecule has 1 N–H and O–H groups in total. The monoisotopic (exact) mass is 399 g/mol. The number of H-pyrrole nitrogens is 1. The van der Waals surface area contributed by atoms with Crippen molar-refractivity contribution in [2.24, 2.45) is 0 Å². The lowest BCUT2D eigenvalue weighted by Crippen LogP contribution is -2.40. The highest BCUT2D eigenvalue weighted by Gasteiger charge is 2.31. The van der Waals surface area contributed by atoms with Gasteiger partial charge in [-0.25, -0.2) is 4.68 Å². The maximum Gasteiger partial charge on any atom is 0.270 e. The zero-order valence-electron chi connectivity index (χ0n) is 16.4. The van der Waals surface area contributed by atoms with Gasteiger partial charge in [0.05, 0.1) is 18.3 Å². The Kier molecular flexibility index (Phi) is 4.63. The molecule has 0 aliphatic carbocycles. The number of aromatic amines is 1. The second kappa shape index (κ2) is 7.59. The summed E-state index contributed by atoms with van der Waals surface area (Å²) in [5, 5.41) is 5.54. The Morgan fingerprint density at radius 3 is 2.87 bits per heavy atom. The van der Waals surface area contributed by atoms with Gasteiger partial charge >= 0.3 is 0 Å². The molecular formula is C23H21N5O2. The van der Waals surface area contributed by atoms with Crippen LogP contribution in [0.4, 0.5) is 0 Å². The number of aromatic nitrogens is 4. The van der Waals surface area contributed by atoms with Gasteiger partial charge in [0.25, 0.3) is 11.5 Å². The van der Waals surface area contributed by atoms with Crippen LogP contribution in [0.1, 0.15) is 23.3 Å². The van der Waals surface area contributed by atoms with Gasteiger partial charge in [-0.3, -0.25) is 14.6 Å². The number of hydrogen-bond acceptors (Lipinski definition) is 4. The van der Waals surface area contributed by atoms with Crippen molar-refractivity contribution in [3.63, 3.8) is 0 Å². The van der Waals surface area contributed by atoms with E-state index in [1.54, 1.807) is 18.5 Å². The minimum Gasteiger partial charge on any atom is -0.351 e. The van der Waals surface area contributed by atoms with Gasteiger partial charge in [0.1, 0.15) is 5.69 Å². The molecule has 7 heteroatoms. The first-order valence-electron chi connectivity index (χ1n) is 10.1. The Morgan fingerprint density at radius 2 is 2.03 bits per heavy atom. The highest BCUT2D eigenvalue weighted by atomic mass is 16.2. The molecule has 1 fully saturated rings. The first kappa shape index (κ1) is 18.3. The molecule has 7 nitrogen and oxygen atoms in total. The van der Waals surface area contributed by atoms with Gasteiger partial charge in [-0.05, 0) is 43.2 Å². The van der Waals surface area contributed by atoms with Crippen LogP contribution in [-0.4, -0.2) is 43.1 Å². The number of pyridine rings is 1. The third kappa shape index (κ3) is 3.39. The van der Waals surface area contributed by atoms with Crippen LogP contribution in [0.2, 0.25) is 0 Å². The van der Waals surface area contributed by atoms with Crippen LogP contribution in [0.25, 0.3) is 22.2 Å². The smallest absolute Gasteiger partial charge is 0.270 e. The van der Waals surface area contributed by atoms with Gasteiger partial charge in [-0.2, -0.15) is 5.10 Å². The summed E-state index contributed by atoms with van der Waals surface area (Å²) >= 11 is 0. The van der Waals surface area contributed by atoms with Crippen molar-refractivity contribution in [2.45, 2.75) is 25.4 Å². The van der Waals surface area contributed by atoms with E-state index >= 15 is 0 Å². The van der Waals surface area contributed by atoms with Gasteiger partial charge < -0.3 is 9.88 Å². The first-order chi connectivity index (χ1) is 14.7. The Morgan fingerprint density at radius 1 is 1.13 bits per heavy atom. The highest BCUT2D eigenvalue weighted by Crippen LogP contribution is 2.23. The lowest BCUT2D eigenvalue weighted by atomic mass is 10.2. The number of nitrogens with one attached hydrogen (secondary N) is 1. The van der Waals surface area contributed by atoms with Gasteiger partial charge in [0.2, 0.25) is 0 Å². The molecule has 4 aromatic rings. The van der Waals surface area contributed by atoms with Gasteiger partial charge in [-0.1, -0.05) is 18.2 Å². The SMILES string of the molecule is O=C(c1cc2ccccc2[nH]1)N1CCCC1Cn1nc(-c2cccnc2)ccc1=O. The normalized spacial score (nSPS) is 16.3. The van der Waals surface area contributed by atoms with Gasteiger partial charge in [0, 0.05) is 41.5 Å². The predicted octanol–water partition coefficient (Wildman–Crippen LogP) is 3.09. The zero-order chi connectivity index (χ0) is 20.5. The largest absolute Gasteiger partial charge is 0.351 e. The summed E-state index contributed by atoms with van der Waals surface area (Å²) in [4.78, 5) is 34.8. The molecule has 0 radical (unpaired) electrons. The lowest BCUT2D eigenvalue weighted by Gasteiger charge is -2.24. The predicted molar refractivity (Wildman–Crippen MR) is 114 cm³/mol. The van der Waals surface area contributed by atoms with Crippen molar-refractivity contribution in [1.29, 1.82) is 0 Å². The molecular weight excluding hydrogens is 378 g/mol. The molecule has 1 aliphatic rings. The number of para-hydroxylation sites is 1. The van der Waals surface area contributed by atoms with E-state index < -0.39 is 0 Å². The Balaban J connectivity index is 1.40. The van der Waals surface area contributed by atoms with Crippen molar-refractivity contribution in [3.8, 4) is 11.3 Å². The van der Waals surface area contributed by atoms with Gasteiger partial charge in [0.15, 0.2) is 0 Å². The van der Waals surface area contributed by atoms with E-state index in [1.807, 2.05) is 47.4 Å². The second-order valence-electron chi connectivity index (χ2n) is 7.55. The fourth-order valence-electron chi connectivity index (χ4n) is 4.08. The van der Waals surface area contributed by atoms with E-state index in [0.29, 0.717) is 24.5 Å². The molecule has 3 aromatic heterocycles. The molecule has 5 rings (SSSR count). The lowest BCUT2D eigenvalue weighted by molar-refractivity contribution is 0.0715. The molecule has 1 unspecified atom stereocenters. The third-order valence-electron chi connectivity index (χ3n) is 5.61. The number of carbonyl (C=O) groups is 1. The average Bonchev–Trinajstić information content (AvgIpc) is 3.42. The summed E-state index contributed by atoms with van der Waals surface area (Å²) in [7, 11) is 0. The molecule has 0 spiro atoms. The molecule has 1 atom stereocenters. The molecule has 4 heterocycles.